The molecule has 21 heavy (non-hydrogen) atoms. The highest BCUT2D eigenvalue weighted by atomic mass is 79.9. The van der Waals surface area contributed by atoms with E-state index in [2.05, 4.69) is 20.7 Å². The van der Waals surface area contributed by atoms with Crippen LogP contribution in [0.3, 0.4) is 0 Å². The summed E-state index contributed by atoms with van der Waals surface area (Å²) in [6, 6.07) is 8.45. The molecule has 8 heteroatoms. The number of methoxy groups -OCH3 is 1. The number of rotatable bonds is 4. The van der Waals surface area contributed by atoms with Gasteiger partial charge in [-0.2, -0.15) is 0 Å². The minimum Gasteiger partial charge on any atom is -0.495 e. The van der Waals surface area contributed by atoms with Crippen molar-refractivity contribution in [2.75, 3.05) is 17.6 Å². The Kier molecular flexibility index (Phi) is 4.38. The zero-order valence-corrected chi connectivity index (χ0v) is 13.3. The maximum atomic E-state index is 13.8. The average Bonchev–Trinajstić information content (AvgIpc) is 2.37. The molecule has 0 spiro atoms. The number of nitrogens with two attached hydrogens (primary N) is 1. The van der Waals surface area contributed by atoms with Crippen molar-refractivity contribution in [3.63, 3.8) is 0 Å². The molecule has 0 unspecified atom stereocenters. The minimum atomic E-state index is -4.17. The van der Waals surface area contributed by atoms with E-state index >= 15 is 0 Å². The number of benzene rings is 2. The third kappa shape index (κ3) is 3.27. The summed E-state index contributed by atoms with van der Waals surface area (Å²) in [5.41, 5.74) is 5.57. The maximum absolute atomic E-state index is 13.8. The zero-order chi connectivity index (χ0) is 15.6. The van der Waals surface area contributed by atoms with Gasteiger partial charge in [-0.25, -0.2) is 12.8 Å². The summed E-state index contributed by atoms with van der Waals surface area (Å²) < 4.78 is 46.4. The molecule has 0 amide bonds. The van der Waals surface area contributed by atoms with Crippen molar-refractivity contribution in [1.29, 1.82) is 0 Å². The summed E-state index contributed by atoms with van der Waals surface area (Å²) >= 11 is 3.23. The first-order valence-electron chi connectivity index (χ1n) is 5.75. The van der Waals surface area contributed by atoms with Gasteiger partial charge in [-0.15, -0.1) is 0 Å². The van der Waals surface area contributed by atoms with Crippen LogP contribution < -0.4 is 15.2 Å². The van der Waals surface area contributed by atoms with Crippen molar-refractivity contribution in [2.45, 2.75) is 4.90 Å². The molecule has 0 heterocycles. The Labute approximate surface area is 130 Å². The SMILES string of the molecule is COc1ccc(Br)cc1NS(=O)(=O)c1c(N)cccc1F. The number of hydrogen-bond acceptors (Lipinski definition) is 4. The van der Waals surface area contributed by atoms with Gasteiger partial charge in [0.2, 0.25) is 0 Å². The number of nitrogens with one attached hydrogen (secondary N) is 1. The highest BCUT2D eigenvalue weighted by Gasteiger charge is 2.23. The standard InChI is InChI=1S/C13H12BrFN2O3S/c1-20-12-6-5-8(14)7-11(12)17-21(18,19)13-9(15)3-2-4-10(13)16/h2-7,17H,16H2,1H3. The van der Waals surface area contributed by atoms with E-state index in [0.717, 1.165) is 6.07 Å². The van der Waals surface area contributed by atoms with Crippen molar-refractivity contribution in [3.8, 4) is 5.75 Å². The van der Waals surface area contributed by atoms with Gasteiger partial charge in [0, 0.05) is 4.47 Å². The van der Waals surface area contributed by atoms with Gasteiger partial charge >= 0.3 is 0 Å². The van der Waals surface area contributed by atoms with Gasteiger partial charge in [-0.1, -0.05) is 22.0 Å². The van der Waals surface area contributed by atoms with Crippen LogP contribution in [0.1, 0.15) is 0 Å². The zero-order valence-electron chi connectivity index (χ0n) is 10.9. The molecule has 0 saturated heterocycles. The Hall–Kier alpha value is -1.80. The van der Waals surface area contributed by atoms with Crippen LogP contribution in [0.5, 0.6) is 5.75 Å². The van der Waals surface area contributed by atoms with E-state index < -0.39 is 20.7 Å². The van der Waals surface area contributed by atoms with Crippen molar-refractivity contribution < 1.29 is 17.5 Å². The molecule has 3 N–H and O–H groups in total. The van der Waals surface area contributed by atoms with Gasteiger partial charge in [0.15, 0.2) is 0 Å². The van der Waals surface area contributed by atoms with E-state index in [4.69, 9.17) is 10.5 Å². The fourth-order valence-electron chi connectivity index (χ4n) is 1.76. The molecule has 0 fully saturated rings. The summed E-state index contributed by atoms with van der Waals surface area (Å²) in [6.45, 7) is 0. The van der Waals surface area contributed by atoms with E-state index in [-0.39, 0.29) is 11.4 Å². The van der Waals surface area contributed by atoms with E-state index in [1.807, 2.05) is 0 Å². The molecule has 112 valence electrons. The summed E-state index contributed by atoms with van der Waals surface area (Å²) in [7, 11) is -2.77. The molecule has 0 radical (unpaired) electrons. The summed E-state index contributed by atoms with van der Waals surface area (Å²) in [6.07, 6.45) is 0. The van der Waals surface area contributed by atoms with Gasteiger partial charge in [0.1, 0.15) is 16.5 Å². The van der Waals surface area contributed by atoms with E-state index in [1.54, 1.807) is 12.1 Å². The summed E-state index contributed by atoms with van der Waals surface area (Å²) in [4.78, 5) is -0.591. The molecular formula is C13H12BrFN2O3S. The van der Waals surface area contributed by atoms with E-state index in [9.17, 15) is 12.8 Å². The van der Waals surface area contributed by atoms with Crippen LogP contribution in [-0.2, 0) is 10.0 Å². The predicted octanol–water partition coefficient (Wildman–Crippen LogP) is 2.98. The first-order valence-corrected chi connectivity index (χ1v) is 8.03. The number of nitrogen functional groups attached to an aromatic ring is 1. The molecule has 0 saturated carbocycles. The quantitative estimate of drug-likeness (QED) is 0.806. The van der Waals surface area contributed by atoms with Crippen LogP contribution in [0.15, 0.2) is 45.8 Å². The molecule has 0 aliphatic carbocycles. The largest absolute Gasteiger partial charge is 0.495 e. The summed E-state index contributed by atoms with van der Waals surface area (Å²) in [5.74, 6) is -0.617. The molecule has 2 aromatic carbocycles. The second-order valence-electron chi connectivity index (χ2n) is 4.11. The average molecular weight is 375 g/mol. The van der Waals surface area contributed by atoms with Crippen molar-refractivity contribution in [3.05, 3.63) is 46.7 Å². The molecule has 0 aliphatic rings. The van der Waals surface area contributed by atoms with E-state index in [1.165, 1.54) is 25.3 Å². The third-order valence-electron chi connectivity index (χ3n) is 2.67. The lowest BCUT2D eigenvalue weighted by atomic mass is 10.3. The third-order valence-corrected chi connectivity index (χ3v) is 4.62. The molecule has 0 bridgehead atoms. The first-order chi connectivity index (χ1) is 9.85. The predicted molar refractivity (Wildman–Crippen MR) is 82.3 cm³/mol. The van der Waals surface area contributed by atoms with Crippen molar-refractivity contribution in [1.82, 2.24) is 0 Å². The van der Waals surface area contributed by atoms with Gasteiger partial charge in [-0.3, -0.25) is 4.72 Å². The first kappa shape index (κ1) is 15.6. The van der Waals surface area contributed by atoms with Gasteiger partial charge in [0.05, 0.1) is 18.5 Å². The number of sulfonamides is 1. The molecule has 0 aliphatic heterocycles. The molecular weight excluding hydrogens is 363 g/mol. The van der Waals surface area contributed by atoms with Crippen LogP contribution in [0.2, 0.25) is 0 Å². The Morgan fingerprint density at radius 2 is 2.00 bits per heavy atom. The summed E-state index contributed by atoms with van der Waals surface area (Å²) in [5, 5.41) is 0. The second-order valence-corrected chi connectivity index (χ2v) is 6.64. The van der Waals surface area contributed by atoms with Crippen LogP contribution >= 0.6 is 15.9 Å². The highest BCUT2D eigenvalue weighted by molar-refractivity contribution is 9.10. The molecule has 0 atom stereocenters. The normalized spacial score (nSPS) is 11.2. The van der Waals surface area contributed by atoms with Crippen LogP contribution in [0.4, 0.5) is 15.8 Å². The van der Waals surface area contributed by atoms with Crippen LogP contribution in [0, 0.1) is 5.82 Å². The fourth-order valence-corrected chi connectivity index (χ4v) is 3.38. The topological polar surface area (TPSA) is 81.4 Å². The lowest BCUT2D eigenvalue weighted by Crippen LogP contribution is -2.17. The Bertz CT molecular complexity index is 761. The smallest absolute Gasteiger partial charge is 0.267 e. The lowest BCUT2D eigenvalue weighted by molar-refractivity contribution is 0.417. The van der Waals surface area contributed by atoms with E-state index in [0.29, 0.717) is 10.2 Å². The number of hydrogen-bond donors (Lipinski definition) is 2. The molecule has 5 nitrogen and oxygen atoms in total. The Morgan fingerprint density at radius 1 is 1.29 bits per heavy atom. The van der Waals surface area contributed by atoms with Gasteiger partial charge in [0.25, 0.3) is 10.0 Å². The van der Waals surface area contributed by atoms with Crippen molar-refractivity contribution in [2.24, 2.45) is 0 Å². The van der Waals surface area contributed by atoms with Crippen LogP contribution in [0.25, 0.3) is 0 Å². The monoisotopic (exact) mass is 374 g/mol. The fraction of sp³-hybridized carbons (Fsp3) is 0.0769. The highest BCUT2D eigenvalue weighted by Crippen LogP contribution is 2.31. The minimum absolute atomic E-state index is 0.170. The van der Waals surface area contributed by atoms with Gasteiger partial charge < -0.3 is 10.5 Å². The second kappa shape index (κ2) is 5.90. The van der Waals surface area contributed by atoms with Gasteiger partial charge in [-0.05, 0) is 30.3 Å². The Balaban J connectivity index is 2.50. The number of halogens is 2. The Morgan fingerprint density at radius 3 is 2.62 bits per heavy atom. The van der Waals surface area contributed by atoms with Crippen LogP contribution in [-0.4, -0.2) is 15.5 Å². The maximum Gasteiger partial charge on any atom is 0.267 e. The molecule has 0 aromatic heterocycles. The molecule has 2 aromatic rings. The molecule has 2 rings (SSSR count). The van der Waals surface area contributed by atoms with Crippen molar-refractivity contribution >= 4 is 37.3 Å². The number of ether oxygens (including phenoxy) is 1. The lowest BCUT2D eigenvalue weighted by Gasteiger charge is -2.13. The number of anilines is 2.